The van der Waals surface area contributed by atoms with E-state index >= 15 is 0 Å². The average molecular weight is 206 g/mol. The molecule has 1 heterocycles. The maximum atomic E-state index is 10.2. The summed E-state index contributed by atoms with van der Waals surface area (Å²) in [5.41, 5.74) is 4.73. The van der Waals surface area contributed by atoms with Crippen molar-refractivity contribution < 1.29 is 9.53 Å². The summed E-state index contributed by atoms with van der Waals surface area (Å²) in [6.07, 6.45) is 0.483. The third-order valence-corrected chi connectivity index (χ3v) is 1.34. The van der Waals surface area contributed by atoms with Crippen LogP contribution in [0.15, 0.2) is 10.8 Å². The molecule has 0 radical (unpaired) electrons. The number of rotatable bonds is 1. The van der Waals surface area contributed by atoms with Crippen molar-refractivity contribution in [2.45, 2.75) is 0 Å². The monoisotopic (exact) mass is 205 g/mol. The van der Waals surface area contributed by atoms with E-state index in [1.54, 1.807) is 0 Å². The molecule has 1 rings (SSSR count). The molecule has 0 aliphatic rings. The highest BCUT2D eigenvalue weighted by molar-refractivity contribution is 9.10. The topological polar surface area (TPSA) is 81.0 Å². The van der Waals surface area contributed by atoms with Crippen LogP contribution >= 0.6 is 15.9 Å². The van der Waals surface area contributed by atoms with Crippen molar-refractivity contribution in [3.8, 4) is 5.75 Å². The van der Waals surface area contributed by atoms with Gasteiger partial charge in [-0.15, -0.1) is 0 Å². The molecular formula is C4H4BrN3O2. The van der Waals surface area contributed by atoms with Crippen LogP contribution in [0.2, 0.25) is 0 Å². The van der Waals surface area contributed by atoms with Gasteiger partial charge < -0.3 is 10.5 Å². The average Bonchev–Trinajstić information content (AvgIpc) is 2.15. The minimum absolute atomic E-state index is 0.285. The largest absolute Gasteiger partial charge is 0.410 e. The zero-order chi connectivity index (χ0) is 7.56. The van der Waals surface area contributed by atoms with E-state index in [1.165, 1.54) is 6.20 Å². The fraction of sp³-hybridized carbons (Fsp3) is 0. The first kappa shape index (κ1) is 7.07. The summed E-state index contributed by atoms with van der Waals surface area (Å²) in [6, 6.07) is 0. The van der Waals surface area contributed by atoms with E-state index < -0.39 is 6.09 Å². The molecule has 1 aromatic heterocycles. The molecule has 0 spiro atoms. The maximum absolute atomic E-state index is 10.2. The summed E-state index contributed by atoms with van der Waals surface area (Å²) in [5.74, 6) is 0.285. The van der Waals surface area contributed by atoms with Crippen LogP contribution in [0.5, 0.6) is 5.75 Å². The van der Waals surface area contributed by atoms with Gasteiger partial charge in [0.05, 0.1) is 6.20 Å². The first-order chi connectivity index (χ1) is 4.70. The van der Waals surface area contributed by atoms with Gasteiger partial charge in [-0.2, -0.15) is 5.10 Å². The first-order valence-electron chi connectivity index (χ1n) is 2.36. The molecule has 0 aliphatic heterocycles. The molecular weight excluding hydrogens is 202 g/mol. The Kier molecular flexibility index (Phi) is 1.91. The van der Waals surface area contributed by atoms with Crippen LogP contribution in [0.25, 0.3) is 0 Å². The van der Waals surface area contributed by atoms with Crippen LogP contribution in [0, 0.1) is 0 Å². The van der Waals surface area contributed by atoms with Crippen LogP contribution < -0.4 is 10.5 Å². The molecule has 0 saturated carbocycles. The minimum atomic E-state index is -0.859. The predicted octanol–water partition coefficient (Wildman–Crippen LogP) is 0.630. The van der Waals surface area contributed by atoms with Crippen LogP contribution in [0.3, 0.4) is 0 Å². The van der Waals surface area contributed by atoms with Gasteiger partial charge in [-0.05, 0) is 15.9 Å². The van der Waals surface area contributed by atoms with Crippen LogP contribution in [0.1, 0.15) is 0 Å². The maximum Gasteiger partial charge on any atom is 0.410 e. The minimum Gasteiger partial charge on any atom is -0.406 e. The van der Waals surface area contributed by atoms with E-state index in [0.29, 0.717) is 4.60 Å². The smallest absolute Gasteiger partial charge is 0.406 e. The van der Waals surface area contributed by atoms with Crippen molar-refractivity contribution in [2.75, 3.05) is 0 Å². The summed E-state index contributed by atoms with van der Waals surface area (Å²) in [5, 5.41) is 6.08. The summed E-state index contributed by atoms with van der Waals surface area (Å²) in [4.78, 5) is 10.2. The van der Waals surface area contributed by atoms with Crippen LogP contribution in [-0.2, 0) is 0 Å². The molecule has 6 heteroatoms. The fourth-order valence-corrected chi connectivity index (χ4v) is 0.725. The fourth-order valence-electron chi connectivity index (χ4n) is 0.439. The molecule has 0 aromatic carbocycles. The van der Waals surface area contributed by atoms with E-state index in [4.69, 9.17) is 5.73 Å². The van der Waals surface area contributed by atoms with Gasteiger partial charge in [0.2, 0.25) is 0 Å². The van der Waals surface area contributed by atoms with Gasteiger partial charge in [-0.3, -0.25) is 5.10 Å². The Morgan fingerprint density at radius 3 is 3.00 bits per heavy atom. The number of H-pyrrole nitrogens is 1. The molecule has 0 aliphatic carbocycles. The SMILES string of the molecule is NC(=O)Oc1cn[nH]c1Br. The lowest BCUT2D eigenvalue weighted by atomic mass is 10.7. The van der Waals surface area contributed by atoms with Crippen molar-refractivity contribution >= 4 is 22.0 Å². The summed E-state index contributed by atoms with van der Waals surface area (Å²) in [6.45, 7) is 0. The lowest BCUT2D eigenvalue weighted by Crippen LogP contribution is -2.16. The van der Waals surface area contributed by atoms with Crippen LogP contribution in [-0.4, -0.2) is 16.3 Å². The quantitative estimate of drug-likeness (QED) is 0.706. The molecule has 1 amide bonds. The standard InChI is InChI=1S/C4H4BrN3O2/c5-3-2(1-7-8-3)10-4(6)9/h1H,(H2,6,9)(H,7,8). The van der Waals surface area contributed by atoms with Crippen molar-refractivity contribution in [3.63, 3.8) is 0 Å². The second-order valence-electron chi connectivity index (χ2n) is 1.47. The Morgan fingerprint density at radius 2 is 2.60 bits per heavy atom. The number of nitrogens with one attached hydrogen (secondary N) is 1. The van der Waals surface area contributed by atoms with E-state index in [0.717, 1.165) is 0 Å². The molecule has 10 heavy (non-hydrogen) atoms. The number of carbonyl (C=O) groups is 1. The Bertz CT molecular complexity index is 246. The molecule has 0 atom stereocenters. The van der Waals surface area contributed by atoms with Gasteiger partial charge in [-0.1, -0.05) is 0 Å². The second kappa shape index (κ2) is 2.70. The Hall–Kier alpha value is -1.04. The molecule has 1 aromatic rings. The van der Waals surface area contributed by atoms with E-state index in [-0.39, 0.29) is 5.75 Å². The molecule has 0 unspecified atom stereocenters. The van der Waals surface area contributed by atoms with Crippen LogP contribution in [0.4, 0.5) is 4.79 Å². The molecule has 54 valence electrons. The number of hydrogen-bond acceptors (Lipinski definition) is 3. The highest BCUT2D eigenvalue weighted by Crippen LogP contribution is 2.20. The number of hydrogen-bond donors (Lipinski definition) is 2. The molecule has 0 fully saturated rings. The first-order valence-corrected chi connectivity index (χ1v) is 3.15. The van der Waals surface area contributed by atoms with Gasteiger partial charge in [0.25, 0.3) is 0 Å². The lowest BCUT2D eigenvalue weighted by molar-refractivity contribution is 0.210. The molecule has 0 bridgehead atoms. The van der Waals surface area contributed by atoms with Gasteiger partial charge in [0.1, 0.15) is 4.60 Å². The number of halogens is 1. The lowest BCUT2D eigenvalue weighted by Gasteiger charge is -1.93. The van der Waals surface area contributed by atoms with E-state index in [1.807, 2.05) is 0 Å². The number of carbonyl (C=O) groups excluding carboxylic acids is 1. The number of nitrogens with zero attached hydrogens (tertiary/aromatic N) is 1. The summed E-state index contributed by atoms with van der Waals surface area (Å²) in [7, 11) is 0. The number of ether oxygens (including phenoxy) is 1. The molecule has 5 nitrogen and oxygen atoms in total. The third-order valence-electron chi connectivity index (χ3n) is 0.771. The summed E-state index contributed by atoms with van der Waals surface area (Å²) < 4.78 is 4.98. The van der Waals surface area contributed by atoms with Crippen molar-refractivity contribution in [2.24, 2.45) is 5.73 Å². The van der Waals surface area contributed by atoms with E-state index in [2.05, 4.69) is 30.9 Å². The summed E-state index contributed by atoms with van der Waals surface area (Å²) >= 11 is 3.04. The Balaban J connectivity index is 2.74. The van der Waals surface area contributed by atoms with Crippen molar-refractivity contribution in [1.82, 2.24) is 10.2 Å². The van der Waals surface area contributed by atoms with E-state index in [9.17, 15) is 4.79 Å². The third kappa shape index (κ3) is 1.47. The van der Waals surface area contributed by atoms with Gasteiger partial charge in [-0.25, -0.2) is 4.79 Å². The highest BCUT2D eigenvalue weighted by Gasteiger charge is 2.04. The Morgan fingerprint density at radius 1 is 1.90 bits per heavy atom. The molecule has 0 saturated heterocycles. The zero-order valence-electron chi connectivity index (χ0n) is 4.80. The van der Waals surface area contributed by atoms with Crippen molar-refractivity contribution in [3.05, 3.63) is 10.8 Å². The van der Waals surface area contributed by atoms with Crippen molar-refractivity contribution in [1.29, 1.82) is 0 Å². The number of primary amides is 1. The zero-order valence-corrected chi connectivity index (χ0v) is 6.38. The van der Waals surface area contributed by atoms with Gasteiger partial charge in [0.15, 0.2) is 5.75 Å². The number of aromatic amines is 1. The van der Waals surface area contributed by atoms with Gasteiger partial charge in [0, 0.05) is 0 Å². The second-order valence-corrected chi connectivity index (χ2v) is 2.26. The Labute approximate surface area is 64.7 Å². The number of aromatic nitrogens is 2. The predicted molar refractivity (Wildman–Crippen MR) is 36.5 cm³/mol. The highest BCUT2D eigenvalue weighted by atomic mass is 79.9. The normalized spacial score (nSPS) is 9.30. The number of amides is 1. The number of nitrogens with two attached hydrogens (primary N) is 1. The molecule has 3 N–H and O–H groups in total. The van der Waals surface area contributed by atoms with Gasteiger partial charge >= 0.3 is 6.09 Å².